The maximum Gasteiger partial charge on any atom is 0.139 e. The van der Waals surface area contributed by atoms with Gasteiger partial charge in [-0.05, 0) is 40.2 Å². The van der Waals surface area contributed by atoms with Crippen LogP contribution in [0.1, 0.15) is 11.1 Å². The summed E-state index contributed by atoms with van der Waals surface area (Å²) in [5.41, 5.74) is 0.914. The molecule has 1 aromatic carbocycles. The van der Waals surface area contributed by atoms with E-state index in [1.165, 1.54) is 18.2 Å². The van der Waals surface area contributed by atoms with Crippen molar-refractivity contribution < 1.29 is 9.13 Å². The number of hydrogen-bond acceptors (Lipinski definition) is 3. The van der Waals surface area contributed by atoms with E-state index in [-0.39, 0.29) is 12.4 Å². The Kier molecular flexibility index (Phi) is 3.90. The van der Waals surface area contributed by atoms with Crippen LogP contribution in [-0.4, -0.2) is 4.98 Å². The summed E-state index contributed by atoms with van der Waals surface area (Å²) in [6.45, 7) is 0.124. The molecule has 0 N–H and O–H groups in total. The fraction of sp³-hybridized carbons (Fsp3) is 0.0769. The normalized spacial score (nSPS) is 9.83. The smallest absolute Gasteiger partial charge is 0.139 e. The molecule has 2 aromatic rings. The van der Waals surface area contributed by atoms with Crippen LogP contribution in [0.25, 0.3) is 0 Å². The maximum atomic E-state index is 13.1. The van der Waals surface area contributed by atoms with Crippen LogP contribution in [0.15, 0.2) is 41.1 Å². The lowest BCUT2D eigenvalue weighted by atomic mass is 10.1. The third-order valence-electron chi connectivity index (χ3n) is 2.26. The predicted molar refractivity (Wildman–Crippen MR) is 67.4 cm³/mol. The van der Waals surface area contributed by atoms with E-state index in [2.05, 4.69) is 20.9 Å². The minimum absolute atomic E-state index is 0.124. The third kappa shape index (κ3) is 3.05. The number of rotatable bonds is 3. The molecule has 0 bridgehead atoms. The number of halogens is 2. The summed E-state index contributed by atoms with van der Waals surface area (Å²) in [6, 6.07) is 7.73. The zero-order valence-electron chi connectivity index (χ0n) is 9.23. The van der Waals surface area contributed by atoms with Crippen molar-refractivity contribution in [3.8, 4) is 11.8 Å². The van der Waals surface area contributed by atoms with E-state index >= 15 is 0 Å². The van der Waals surface area contributed by atoms with Gasteiger partial charge in [0, 0.05) is 16.2 Å². The highest BCUT2D eigenvalue weighted by molar-refractivity contribution is 9.10. The zero-order valence-corrected chi connectivity index (χ0v) is 10.8. The van der Waals surface area contributed by atoms with Crippen LogP contribution in [0.5, 0.6) is 5.75 Å². The van der Waals surface area contributed by atoms with E-state index in [9.17, 15) is 4.39 Å². The molecule has 0 amide bonds. The fourth-order valence-electron chi connectivity index (χ4n) is 1.42. The van der Waals surface area contributed by atoms with Gasteiger partial charge in [0.1, 0.15) is 18.2 Å². The van der Waals surface area contributed by atoms with E-state index in [0.29, 0.717) is 16.9 Å². The second-order valence-electron chi connectivity index (χ2n) is 3.54. The van der Waals surface area contributed by atoms with Crippen LogP contribution >= 0.6 is 15.9 Å². The van der Waals surface area contributed by atoms with Crippen molar-refractivity contribution >= 4 is 15.9 Å². The van der Waals surface area contributed by atoms with Crippen LogP contribution in [0.2, 0.25) is 0 Å². The summed E-state index contributed by atoms with van der Waals surface area (Å²) in [4.78, 5) is 3.95. The van der Waals surface area contributed by atoms with Crippen LogP contribution in [0.4, 0.5) is 4.39 Å². The molecule has 1 aromatic heterocycles. The van der Waals surface area contributed by atoms with Gasteiger partial charge in [0.05, 0.1) is 17.8 Å². The van der Waals surface area contributed by atoms with Gasteiger partial charge in [-0.1, -0.05) is 0 Å². The number of pyridine rings is 1. The van der Waals surface area contributed by atoms with Crippen molar-refractivity contribution in [2.24, 2.45) is 0 Å². The average molecular weight is 307 g/mol. The van der Waals surface area contributed by atoms with Crippen LogP contribution < -0.4 is 4.74 Å². The van der Waals surface area contributed by atoms with Gasteiger partial charge in [0.15, 0.2) is 0 Å². The largest absolute Gasteiger partial charge is 0.487 e. The Hall–Kier alpha value is -1.93. The molecule has 0 unspecified atom stereocenters. The van der Waals surface area contributed by atoms with Crippen molar-refractivity contribution in [3.05, 3.63) is 58.1 Å². The molecular weight excluding hydrogens is 299 g/mol. The van der Waals surface area contributed by atoms with Crippen molar-refractivity contribution in [3.63, 3.8) is 0 Å². The van der Waals surface area contributed by atoms with E-state index in [1.807, 2.05) is 6.07 Å². The highest BCUT2D eigenvalue weighted by Crippen LogP contribution is 2.18. The number of ether oxygens (including phenoxy) is 1. The predicted octanol–water partition coefficient (Wildman–Crippen LogP) is 3.43. The van der Waals surface area contributed by atoms with E-state index in [0.717, 1.165) is 4.47 Å². The summed E-state index contributed by atoms with van der Waals surface area (Å²) in [5.74, 6) is 0.164. The van der Waals surface area contributed by atoms with Gasteiger partial charge >= 0.3 is 0 Å². The maximum absolute atomic E-state index is 13.1. The Labute approximate surface area is 112 Å². The molecule has 0 fully saturated rings. The molecule has 90 valence electrons. The number of benzene rings is 1. The molecule has 0 saturated carbocycles. The Morgan fingerprint density at radius 2 is 2.17 bits per heavy atom. The second-order valence-corrected chi connectivity index (χ2v) is 4.46. The molecule has 0 radical (unpaired) electrons. The zero-order chi connectivity index (χ0) is 13.0. The van der Waals surface area contributed by atoms with Gasteiger partial charge in [0.2, 0.25) is 0 Å². The Morgan fingerprint density at radius 1 is 1.33 bits per heavy atom. The second kappa shape index (κ2) is 5.61. The molecule has 3 nitrogen and oxygen atoms in total. The fourth-order valence-corrected chi connectivity index (χ4v) is 1.77. The third-order valence-corrected chi connectivity index (χ3v) is 2.70. The van der Waals surface area contributed by atoms with Crippen LogP contribution in [0.3, 0.4) is 0 Å². The first-order valence-corrected chi connectivity index (χ1v) is 5.90. The molecule has 5 heteroatoms. The standard InChI is InChI=1S/C13H8BrFN2O/c14-11-4-13(7-17-6-11)18-8-10-3-12(15)2-1-9(10)5-16/h1-4,6-7H,8H2. The summed E-state index contributed by atoms with van der Waals surface area (Å²) in [7, 11) is 0. The highest BCUT2D eigenvalue weighted by atomic mass is 79.9. The quantitative estimate of drug-likeness (QED) is 0.872. The van der Waals surface area contributed by atoms with E-state index in [1.54, 1.807) is 18.5 Å². The van der Waals surface area contributed by atoms with E-state index < -0.39 is 0 Å². The number of hydrogen-bond donors (Lipinski definition) is 0. The molecule has 0 aliphatic heterocycles. The van der Waals surface area contributed by atoms with Crippen molar-refractivity contribution in [2.75, 3.05) is 0 Å². The Balaban J connectivity index is 2.15. The van der Waals surface area contributed by atoms with E-state index in [4.69, 9.17) is 10.00 Å². The van der Waals surface area contributed by atoms with Crippen molar-refractivity contribution in [1.82, 2.24) is 4.98 Å². The van der Waals surface area contributed by atoms with Crippen molar-refractivity contribution in [2.45, 2.75) is 6.61 Å². The molecule has 0 saturated heterocycles. The SMILES string of the molecule is N#Cc1ccc(F)cc1COc1cncc(Br)c1. The number of nitriles is 1. The lowest BCUT2D eigenvalue weighted by Gasteiger charge is -2.07. The molecule has 0 aliphatic carbocycles. The van der Waals surface area contributed by atoms with Crippen LogP contribution in [-0.2, 0) is 6.61 Å². The lowest BCUT2D eigenvalue weighted by Crippen LogP contribution is -1.99. The molecule has 1 heterocycles. The van der Waals surface area contributed by atoms with Crippen LogP contribution in [0, 0.1) is 17.1 Å². The van der Waals surface area contributed by atoms with Gasteiger partial charge in [-0.25, -0.2) is 4.39 Å². The monoisotopic (exact) mass is 306 g/mol. The average Bonchev–Trinajstić information content (AvgIpc) is 2.37. The van der Waals surface area contributed by atoms with Gasteiger partial charge in [-0.2, -0.15) is 5.26 Å². The number of aromatic nitrogens is 1. The molecule has 18 heavy (non-hydrogen) atoms. The lowest BCUT2D eigenvalue weighted by molar-refractivity contribution is 0.304. The first-order valence-electron chi connectivity index (χ1n) is 5.11. The Morgan fingerprint density at radius 3 is 2.89 bits per heavy atom. The first kappa shape index (κ1) is 12.5. The van der Waals surface area contributed by atoms with Gasteiger partial charge in [-0.3, -0.25) is 4.98 Å². The van der Waals surface area contributed by atoms with Crippen molar-refractivity contribution in [1.29, 1.82) is 5.26 Å². The molecule has 0 atom stereocenters. The summed E-state index contributed by atoms with van der Waals surface area (Å²) >= 11 is 3.27. The summed E-state index contributed by atoms with van der Waals surface area (Å²) < 4.78 is 19.3. The van der Waals surface area contributed by atoms with Gasteiger partial charge < -0.3 is 4.74 Å². The molecule has 2 rings (SSSR count). The summed E-state index contributed by atoms with van der Waals surface area (Å²) in [5, 5.41) is 8.90. The molecular formula is C13H8BrFN2O. The Bertz CT molecular complexity index is 610. The first-order chi connectivity index (χ1) is 8.69. The molecule has 0 spiro atoms. The number of nitrogens with zero attached hydrogens (tertiary/aromatic N) is 2. The van der Waals surface area contributed by atoms with Gasteiger partial charge in [0.25, 0.3) is 0 Å². The van der Waals surface area contributed by atoms with Gasteiger partial charge in [-0.15, -0.1) is 0 Å². The minimum Gasteiger partial charge on any atom is -0.487 e. The summed E-state index contributed by atoms with van der Waals surface area (Å²) in [6.07, 6.45) is 3.19. The molecule has 0 aliphatic rings. The highest BCUT2D eigenvalue weighted by Gasteiger charge is 2.05. The minimum atomic E-state index is -0.389. The topological polar surface area (TPSA) is 45.9 Å².